The highest BCUT2D eigenvalue weighted by Crippen LogP contribution is 2.35. The Hall–Kier alpha value is -2.02. The smallest absolute Gasteiger partial charge is 0.248 e. The van der Waals surface area contributed by atoms with Crippen LogP contribution in [0.25, 0.3) is 5.57 Å². The fourth-order valence-electron chi connectivity index (χ4n) is 3.81. The Morgan fingerprint density at radius 2 is 1.89 bits per heavy atom. The van der Waals surface area contributed by atoms with E-state index in [0.717, 1.165) is 42.5 Å². The van der Waals surface area contributed by atoms with Crippen molar-refractivity contribution in [2.45, 2.75) is 51.0 Å². The van der Waals surface area contributed by atoms with Crippen LogP contribution in [0.1, 0.15) is 44.9 Å². The summed E-state index contributed by atoms with van der Waals surface area (Å²) < 4.78 is 32.3. The van der Waals surface area contributed by atoms with Crippen molar-refractivity contribution in [3.63, 3.8) is 0 Å². The van der Waals surface area contributed by atoms with Crippen LogP contribution in [0.15, 0.2) is 23.8 Å². The minimum Gasteiger partial charge on any atom is -0.378 e. The molecule has 0 spiro atoms. The number of anilines is 2. The van der Waals surface area contributed by atoms with E-state index in [-0.39, 0.29) is 18.9 Å². The molecule has 3 aliphatic rings. The van der Waals surface area contributed by atoms with Crippen molar-refractivity contribution in [2.24, 2.45) is 0 Å². The van der Waals surface area contributed by atoms with Crippen molar-refractivity contribution in [2.75, 3.05) is 36.5 Å². The van der Waals surface area contributed by atoms with Crippen molar-refractivity contribution in [1.82, 2.24) is 9.97 Å². The molecule has 0 radical (unpaired) electrons. The molecule has 1 saturated carbocycles. The molecule has 146 valence electrons. The first-order valence-corrected chi connectivity index (χ1v) is 9.71. The second-order valence-corrected chi connectivity index (χ2v) is 7.69. The molecule has 0 amide bonds. The Balaban J connectivity index is 1.56. The summed E-state index contributed by atoms with van der Waals surface area (Å²) in [6.45, 7) is 5.05. The van der Waals surface area contributed by atoms with Crippen LogP contribution in [-0.4, -0.2) is 48.2 Å². The van der Waals surface area contributed by atoms with Crippen molar-refractivity contribution < 1.29 is 13.5 Å². The summed E-state index contributed by atoms with van der Waals surface area (Å²) in [5.41, 5.74) is 2.38. The van der Waals surface area contributed by atoms with Gasteiger partial charge in [0.1, 0.15) is 11.6 Å². The van der Waals surface area contributed by atoms with E-state index < -0.39 is 5.92 Å². The van der Waals surface area contributed by atoms with Gasteiger partial charge in [-0.2, -0.15) is 0 Å². The lowest BCUT2D eigenvalue weighted by Crippen LogP contribution is -2.37. The summed E-state index contributed by atoms with van der Waals surface area (Å²) in [5, 5.41) is 3.39. The Kier molecular flexibility index (Phi) is 5.12. The molecular weight excluding hydrogens is 350 g/mol. The van der Waals surface area contributed by atoms with Crippen LogP contribution in [0.3, 0.4) is 0 Å². The van der Waals surface area contributed by atoms with E-state index in [1.807, 2.05) is 6.07 Å². The van der Waals surface area contributed by atoms with E-state index in [4.69, 9.17) is 14.7 Å². The maximum atomic E-state index is 13.4. The zero-order valence-corrected chi connectivity index (χ0v) is 15.7. The van der Waals surface area contributed by atoms with Crippen molar-refractivity contribution >= 4 is 17.2 Å². The molecule has 1 N–H and O–H groups in total. The first-order valence-electron chi connectivity index (χ1n) is 9.71. The molecule has 2 fully saturated rings. The van der Waals surface area contributed by atoms with Gasteiger partial charge in [-0.25, -0.2) is 18.7 Å². The summed E-state index contributed by atoms with van der Waals surface area (Å²) in [7, 11) is 0. The molecule has 1 aromatic rings. The van der Waals surface area contributed by atoms with Crippen LogP contribution in [0.2, 0.25) is 0 Å². The normalized spacial score (nSPS) is 23.1. The maximum absolute atomic E-state index is 13.4. The lowest BCUT2D eigenvalue weighted by atomic mass is 9.92. The van der Waals surface area contributed by atoms with Gasteiger partial charge in [0, 0.05) is 43.6 Å². The van der Waals surface area contributed by atoms with Gasteiger partial charge in [0.05, 0.1) is 13.2 Å². The minimum atomic E-state index is -2.52. The molecule has 1 aliphatic heterocycles. The number of allylic oxidation sites excluding steroid dienone is 4. The Morgan fingerprint density at radius 1 is 1.15 bits per heavy atom. The Morgan fingerprint density at radius 3 is 2.56 bits per heavy atom. The molecule has 5 nitrogen and oxygen atoms in total. The Labute approximate surface area is 158 Å². The van der Waals surface area contributed by atoms with E-state index in [9.17, 15) is 8.78 Å². The number of morpholine rings is 1. The second kappa shape index (κ2) is 7.54. The molecule has 2 heterocycles. The van der Waals surface area contributed by atoms with Gasteiger partial charge in [-0.3, -0.25) is 0 Å². The van der Waals surface area contributed by atoms with Gasteiger partial charge < -0.3 is 15.0 Å². The van der Waals surface area contributed by atoms with Crippen LogP contribution in [-0.2, 0) is 4.74 Å². The fraction of sp³-hybridized carbons (Fsp3) is 0.600. The lowest BCUT2D eigenvalue weighted by Gasteiger charge is -2.30. The average Bonchev–Trinajstić information content (AvgIpc) is 3.10. The fourth-order valence-corrected chi connectivity index (χ4v) is 3.81. The summed E-state index contributed by atoms with van der Waals surface area (Å²) in [5.74, 6) is -0.207. The van der Waals surface area contributed by atoms with Crippen LogP contribution in [0, 0.1) is 0 Å². The monoisotopic (exact) mass is 376 g/mol. The molecule has 0 unspecified atom stereocenters. The topological polar surface area (TPSA) is 50.3 Å². The van der Waals surface area contributed by atoms with E-state index in [2.05, 4.69) is 29.3 Å². The van der Waals surface area contributed by atoms with E-state index >= 15 is 0 Å². The third-order valence-electron chi connectivity index (χ3n) is 5.44. The predicted octanol–water partition coefficient (Wildman–Crippen LogP) is 4.04. The van der Waals surface area contributed by atoms with Gasteiger partial charge >= 0.3 is 0 Å². The molecule has 27 heavy (non-hydrogen) atoms. The van der Waals surface area contributed by atoms with E-state index in [1.54, 1.807) is 0 Å². The lowest BCUT2D eigenvalue weighted by molar-refractivity contribution is -0.0361. The molecule has 1 aromatic heterocycles. The first-order chi connectivity index (χ1) is 13.0. The number of aromatic nitrogens is 2. The zero-order chi connectivity index (χ0) is 18.9. The number of nitrogens with zero attached hydrogens (tertiary/aromatic N) is 3. The SMILES string of the molecule is CC1=CC=C(c2nc(NC3CCC(F)(F)CC3)cc(N3CCOCC3)n2)C1. The number of alkyl halides is 2. The Bertz CT molecular complexity index is 746. The maximum Gasteiger partial charge on any atom is 0.248 e. The van der Waals surface area contributed by atoms with Crippen LogP contribution in [0.4, 0.5) is 20.4 Å². The van der Waals surface area contributed by atoms with Crippen LogP contribution in [0.5, 0.6) is 0 Å². The van der Waals surface area contributed by atoms with Crippen molar-refractivity contribution in [3.8, 4) is 0 Å². The summed E-state index contributed by atoms with van der Waals surface area (Å²) in [6, 6.07) is 1.97. The minimum absolute atomic E-state index is 0.0299. The highest BCUT2D eigenvalue weighted by molar-refractivity contribution is 5.70. The quantitative estimate of drug-likeness (QED) is 0.860. The summed E-state index contributed by atoms with van der Waals surface area (Å²) >= 11 is 0. The van der Waals surface area contributed by atoms with E-state index in [0.29, 0.717) is 26.1 Å². The standard InChI is InChI=1S/C20H26F2N4O/c1-14-2-3-15(12-14)19-24-17(23-16-4-6-20(21,22)7-5-16)13-18(25-19)26-8-10-27-11-9-26/h2-3,13,16H,4-12H2,1H3,(H,23,24,25). The number of rotatable bonds is 4. The predicted molar refractivity (Wildman–Crippen MR) is 102 cm³/mol. The average molecular weight is 376 g/mol. The molecular formula is C20H26F2N4O. The second-order valence-electron chi connectivity index (χ2n) is 7.69. The number of hydrogen-bond acceptors (Lipinski definition) is 5. The molecule has 0 atom stereocenters. The molecule has 4 rings (SSSR count). The molecule has 1 saturated heterocycles. The number of ether oxygens (including phenoxy) is 1. The van der Waals surface area contributed by atoms with Gasteiger partial charge in [-0.05, 0) is 26.2 Å². The van der Waals surface area contributed by atoms with Crippen molar-refractivity contribution in [3.05, 3.63) is 29.6 Å². The summed E-state index contributed by atoms with van der Waals surface area (Å²) in [4.78, 5) is 11.7. The largest absolute Gasteiger partial charge is 0.378 e. The molecule has 0 aromatic carbocycles. The van der Waals surface area contributed by atoms with Crippen LogP contribution < -0.4 is 10.2 Å². The van der Waals surface area contributed by atoms with Gasteiger partial charge in [0.2, 0.25) is 5.92 Å². The van der Waals surface area contributed by atoms with Gasteiger partial charge in [-0.15, -0.1) is 0 Å². The zero-order valence-electron chi connectivity index (χ0n) is 15.7. The number of nitrogens with one attached hydrogen (secondary N) is 1. The molecule has 0 bridgehead atoms. The van der Waals surface area contributed by atoms with Gasteiger partial charge in [-0.1, -0.05) is 17.7 Å². The molecule has 7 heteroatoms. The highest BCUT2D eigenvalue weighted by Gasteiger charge is 2.35. The third kappa shape index (κ3) is 4.46. The molecule has 2 aliphatic carbocycles. The number of halogens is 2. The van der Waals surface area contributed by atoms with E-state index in [1.165, 1.54) is 5.57 Å². The van der Waals surface area contributed by atoms with Crippen molar-refractivity contribution in [1.29, 1.82) is 0 Å². The third-order valence-corrected chi connectivity index (χ3v) is 5.44. The summed E-state index contributed by atoms with van der Waals surface area (Å²) in [6.07, 6.45) is 5.81. The van der Waals surface area contributed by atoms with Gasteiger partial charge in [0.25, 0.3) is 0 Å². The highest BCUT2D eigenvalue weighted by atomic mass is 19.3. The van der Waals surface area contributed by atoms with Crippen LogP contribution >= 0.6 is 0 Å². The first kappa shape index (κ1) is 18.3. The van der Waals surface area contributed by atoms with Gasteiger partial charge in [0.15, 0.2) is 5.82 Å². The number of hydrogen-bond donors (Lipinski definition) is 1.